The second kappa shape index (κ2) is 9.01. The molecule has 2 aliphatic rings. The first-order chi connectivity index (χ1) is 21.7. The van der Waals surface area contributed by atoms with Crippen LogP contribution in [0.15, 0.2) is 129 Å². The largest absolute Gasteiger partial charge is 0.454 e. The smallest absolute Gasteiger partial charge is 0.333 e. The van der Waals surface area contributed by atoms with Gasteiger partial charge in [0.25, 0.3) is 0 Å². The Labute approximate surface area is 263 Å². The molecule has 0 atom stereocenters. The highest BCUT2D eigenvalue weighted by atomic mass is 32.2. The molecule has 0 aliphatic carbocycles. The Kier molecular flexibility index (Phi) is 5.09. The zero-order chi connectivity index (χ0) is 29.1. The van der Waals surface area contributed by atoms with Crippen molar-refractivity contribution in [2.24, 2.45) is 0 Å². The van der Waals surface area contributed by atoms with Crippen LogP contribution in [-0.2, 0) is 0 Å². The highest BCUT2D eigenvalue weighted by Gasteiger charge is 2.44. The SMILES string of the molecule is CSc1ccc(N2c3ccc(SC)cc3B3c4c(cc5c(oc6ccccc65)c42)-c2cccc4c5ccccc5n3c24)cc1. The number of benzene rings is 6. The monoisotopic (exact) mass is 600 g/mol. The van der Waals surface area contributed by atoms with E-state index in [9.17, 15) is 0 Å². The van der Waals surface area contributed by atoms with Crippen LogP contribution >= 0.6 is 23.5 Å². The first-order valence-corrected chi connectivity index (χ1v) is 17.3. The summed E-state index contributed by atoms with van der Waals surface area (Å²) in [4.78, 5) is 4.98. The van der Waals surface area contributed by atoms with E-state index in [4.69, 9.17) is 4.42 Å². The average molecular weight is 601 g/mol. The molecule has 0 saturated carbocycles. The molecule has 208 valence electrons. The van der Waals surface area contributed by atoms with Crippen molar-refractivity contribution in [3.8, 4) is 11.1 Å². The minimum atomic E-state index is -0.00117. The number of furan rings is 1. The quantitative estimate of drug-likeness (QED) is 0.149. The second-order valence-corrected chi connectivity index (χ2v) is 13.4. The Morgan fingerprint density at radius 1 is 0.636 bits per heavy atom. The molecule has 0 fully saturated rings. The van der Waals surface area contributed by atoms with E-state index in [1.165, 1.54) is 59.3 Å². The summed E-state index contributed by atoms with van der Waals surface area (Å²) >= 11 is 3.57. The number of nitrogens with zero attached hydrogens (tertiary/aromatic N) is 2. The summed E-state index contributed by atoms with van der Waals surface area (Å²) in [5, 5.41) is 4.91. The summed E-state index contributed by atoms with van der Waals surface area (Å²) in [5.74, 6) is 0. The lowest BCUT2D eigenvalue weighted by molar-refractivity contribution is 0.669. The van der Waals surface area contributed by atoms with Gasteiger partial charge in [-0.15, -0.1) is 23.5 Å². The van der Waals surface area contributed by atoms with Gasteiger partial charge in [0.2, 0.25) is 0 Å². The standard InChI is InChI=1S/C38H25BN2OS2/c1-43-23-16-14-22(15-17-23)40-33-19-18-24(44-2)20-31(33)39-35-29(21-30-26-9-4-6-13-34(26)42-38(30)37(35)40)28-11-7-10-27-25-8-3-5-12-32(25)41(39)36(27)28/h3-21H,1-2H3. The topological polar surface area (TPSA) is 21.3 Å². The normalized spacial score (nSPS) is 13.3. The molecule has 6 heteroatoms. The van der Waals surface area contributed by atoms with Crippen LogP contribution in [0.5, 0.6) is 0 Å². The number of hydrogen-bond acceptors (Lipinski definition) is 4. The first-order valence-electron chi connectivity index (χ1n) is 14.9. The van der Waals surface area contributed by atoms with Crippen LogP contribution in [0.3, 0.4) is 0 Å². The Bertz CT molecular complexity index is 2490. The highest BCUT2D eigenvalue weighted by molar-refractivity contribution is 7.98. The Morgan fingerprint density at radius 2 is 1.39 bits per heavy atom. The van der Waals surface area contributed by atoms with Gasteiger partial charge in [0.05, 0.1) is 5.69 Å². The number of fused-ring (bicyclic) bond motifs is 11. The van der Waals surface area contributed by atoms with Gasteiger partial charge < -0.3 is 13.8 Å². The van der Waals surface area contributed by atoms with Gasteiger partial charge in [0, 0.05) is 59.3 Å². The molecule has 0 amide bonds. The fourth-order valence-corrected chi connectivity index (χ4v) is 8.60. The van der Waals surface area contributed by atoms with Crippen LogP contribution in [0.2, 0.25) is 0 Å². The Hall–Kier alpha value is -4.52. The fourth-order valence-electron chi connectivity index (χ4n) is 7.74. The first kappa shape index (κ1) is 24.9. The van der Waals surface area contributed by atoms with E-state index in [1.807, 2.05) is 0 Å². The highest BCUT2D eigenvalue weighted by Crippen LogP contribution is 2.49. The van der Waals surface area contributed by atoms with Crippen molar-refractivity contribution in [2.45, 2.75) is 9.79 Å². The van der Waals surface area contributed by atoms with Crippen molar-refractivity contribution in [3.63, 3.8) is 0 Å². The maximum absolute atomic E-state index is 6.85. The maximum Gasteiger partial charge on any atom is 0.333 e. The van der Waals surface area contributed by atoms with Gasteiger partial charge in [-0.3, -0.25) is 0 Å². The van der Waals surface area contributed by atoms with Crippen molar-refractivity contribution in [1.29, 1.82) is 0 Å². The van der Waals surface area contributed by atoms with E-state index < -0.39 is 0 Å². The molecule has 10 rings (SSSR count). The number of aromatic nitrogens is 1. The lowest BCUT2D eigenvalue weighted by atomic mass is 9.45. The van der Waals surface area contributed by atoms with Gasteiger partial charge in [-0.1, -0.05) is 54.6 Å². The lowest BCUT2D eigenvalue weighted by Crippen LogP contribution is -2.56. The molecular weight excluding hydrogens is 575 g/mol. The van der Waals surface area contributed by atoms with Crippen LogP contribution in [0, 0.1) is 0 Å². The molecule has 0 bridgehead atoms. The minimum Gasteiger partial charge on any atom is -0.454 e. The van der Waals surface area contributed by atoms with Crippen LogP contribution < -0.4 is 15.8 Å². The molecule has 44 heavy (non-hydrogen) atoms. The second-order valence-electron chi connectivity index (χ2n) is 11.6. The van der Waals surface area contributed by atoms with Gasteiger partial charge in [-0.25, -0.2) is 0 Å². The zero-order valence-electron chi connectivity index (χ0n) is 24.2. The summed E-state index contributed by atoms with van der Waals surface area (Å²) in [7, 11) is 0. The summed E-state index contributed by atoms with van der Waals surface area (Å²) in [6.45, 7) is -0.00117. The molecule has 0 unspecified atom stereocenters. The molecule has 8 aromatic rings. The van der Waals surface area contributed by atoms with E-state index in [-0.39, 0.29) is 6.85 Å². The van der Waals surface area contributed by atoms with E-state index in [1.54, 1.807) is 23.5 Å². The van der Waals surface area contributed by atoms with E-state index >= 15 is 0 Å². The Morgan fingerprint density at radius 3 is 2.23 bits per heavy atom. The summed E-state index contributed by atoms with van der Waals surface area (Å²) in [6, 6.07) is 42.5. The van der Waals surface area contributed by atoms with Crippen molar-refractivity contribution < 1.29 is 4.42 Å². The third kappa shape index (κ3) is 3.12. The summed E-state index contributed by atoms with van der Waals surface area (Å²) < 4.78 is 9.46. The van der Waals surface area contributed by atoms with Crippen LogP contribution in [-0.4, -0.2) is 23.8 Å². The molecule has 3 nitrogen and oxygen atoms in total. The van der Waals surface area contributed by atoms with Crippen LogP contribution in [0.25, 0.3) is 54.9 Å². The average Bonchev–Trinajstić information content (AvgIpc) is 3.63. The molecule has 2 aromatic heterocycles. The van der Waals surface area contributed by atoms with Gasteiger partial charge in [-0.2, -0.15) is 0 Å². The van der Waals surface area contributed by atoms with Gasteiger partial charge in [-0.05, 0) is 89.7 Å². The Balaban J connectivity index is 1.44. The van der Waals surface area contributed by atoms with Gasteiger partial charge in [0.1, 0.15) is 5.58 Å². The fraction of sp³-hybridized carbons (Fsp3) is 0.0526. The number of hydrogen-bond donors (Lipinski definition) is 0. The summed E-state index contributed by atoms with van der Waals surface area (Å²) in [5.41, 5.74) is 13.1. The predicted molar refractivity (Wildman–Crippen MR) is 191 cm³/mol. The maximum atomic E-state index is 6.85. The molecule has 0 N–H and O–H groups in total. The molecule has 4 heterocycles. The number of thioether (sulfide) groups is 2. The predicted octanol–water partition coefficient (Wildman–Crippen LogP) is 9.56. The minimum absolute atomic E-state index is 0.00117. The molecule has 0 spiro atoms. The van der Waals surface area contributed by atoms with Crippen molar-refractivity contribution >= 4 is 102 Å². The lowest BCUT2D eigenvalue weighted by Gasteiger charge is -2.40. The number of anilines is 3. The molecule has 2 aliphatic heterocycles. The molecule has 6 aromatic carbocycles. The molecule has 0 radical (unpaired) electrons. The zero-order valence-corrected chi connectivity index (χ0v) is 25.8. The van der Waals surface area contributed by atoms with Gasteiger partial charge in [0.15, 0.2) is 5.58 Å². The third-order valence-corrected chi connectivity index (χ3v) is 11.0. The van der Waals surface area contributed by atoms with Crippen molar-refractivity contribution in [3.05, 3.63) is 115 Å². The number of para-hydroxylation sites is 3. The van der Waals surface area contributed by atoms with E-state index in [2.05, 4.69) is 137 Å². The van der Waals surface area contributed by atoms with Crippen LogP contribution in [0.1, 0.15) is 0 Å². The molecule has 0 saturated heterocycles. The van der Waals surface area contributed by atoms with Crippen LogP contribution in [0.4, 0.5) is 17.1 Å². The summed E-state index contributed by atoms with van der Waals surface area (Å²) in [6.07, 6.45) is 4.30. The number of rotatable bonds is 3. The third-order valence-electron chi connectivity index (χ3n) is 9.56. The van der Waals surface area contributed by atoms with Gasteiger partial charge >= 0.3 is 6.85 Å². The van der Waals surface area contributed by atoms with Crippen molar-refractivity contribution in [2.75, 3.05) is 17.4 Å². The molecular formula is C38H25BN2OS2. The van der Waals surface area contributed by atoms with Crippen molar-refractivity contribution in [1.82, 2.24) is 4.48 Å². The van der Waals surface area contributed by atoms with E-state index in [0.717, 1.165) is 33.3 Å². The van der Waals surface area contributed by atoms with E-state index in [0.29, 0.717) is 0 Å².